The summed E-state index contributed by atoms with van der Waals surface area (Å²) < 4.78 is 5.56. The second-order valence-corrected chi connectivity index (χ2v) is 12.7. The number of para-hydroxylation sites is 1. The molecule has 4 aliphatic rings. The molecule has 3 saturated carbocycles. The molecule has 190 valence electrons. The van der Waals surface area contributed by atoms with Crippen molar-refractivity contribution in [3.05, 3.63) is 30.3 Å². The number of rotatable bonds is 5. The topological polar surface area (TPSA) is 59.0 Å². The summed E-state index contributed by atoms with van der Waals surface area (Å²) in [6, 6.07) is 10.1. The number of anilines is 1. The number of hydrogen-bond acceptors (Lipinski definition) is 4. The second-order valence-electron chi connectivity index (χ2n) is 12.7. The first-order chi connectivity index (χ1) is 16.6. The SMILES string of the molecule is COCC(C)(C)N(C(=O)C1CC[C@H]2[C@@H]3CN=C4CC(=O)CC[C@]4(C)[C@@H]3CC[C@]12C)c1ccccc1. The summed E-state index contributed by atoms with van der Waals surface area (Å²) >= 11 is 0. The van der Waals surface area contributed by atoms with E-state index in [2.05, 4.69) is 27.7 Å². The highest BCUT2D eigenvalue weighted by Gasteiger charge is 2.61. The largest absolute Gasteiger partial charge is 0.382 e. The van der Waals surface area contributed by atoms with Gasteiger partial charge in [0.25, 0.3) is 0 Å². The van der Waals surface area contributed by atoms with Crippen LogP contribution in [0.2, 0.25) is 0 Å². The van der Waals surface area contributed by atoms with E-state index in [-0.39, 0.29) is 22.7 Å². The molecule has 5 nitrogen and oxygen atoms in total. The normalized spacial score (nSPS) is 36.6. The van der Waals surface area contributed by atoms with Crippen molar-refractivity contribution in [2.75, 3.05) is 25.2 Å². The molecular formula is C30H42N2O3. The zero-order valence-electron chi connectivity index (χ0n) is 22.2. The Labute approximate surface area is 210 Å². The molecule has 1 heterocycles. The Morgan fingerprint density at radius 3 is 2.57 bits per heavy atom. The lowest BCUT2D eigenvalue weighted by atomic mass is 9.49. The first kappa shape index (κ1) is 24.7. The summed E-state index contributed by atoms with van der Waals surface area (Å²) in [5.74, 6) is 2.23. The maximum Gasteiger partial charge on any atom is 0.231 e. The fourth-order valence-electron chi connectivity index (χ4n) is 8.54. The van der Waals surface area contributed by atoms with Gasteiger partial charge in [0.05, 0.1) is 12.1 Å². The molecule has 5 rings (SSSR count). The van der Waals surface area contributed by atoms with E-state index in [1.165, 1.54) is 5.71 Å². The highest BCUT2D eigenvalue weighted by Crippen LogP contribution is 2.64. The third kappa shape index (κ3) is 3.89. The Morgan fingerprint density at radius 1 is 1.11 bits per heavy atom. The number of methoxy groups -OCH3 is 1. The van der Waals surface area contributed by atoms with Gasteiger partial charge in [-0.1, -0.05) is 32.0 Å². The third-order valence-electron chi connectivity index (χ3n) is 10.3. The van der Waals surface area contributed by atoms with Crippen molar-refractivity contribution in [3.63, 3.8) is 0 Å². The molecule has 0 spiro atoms. The minimum absolute atomic E-state index is 0.0101. The van der Waals surface area contributed by atoms with E-state index >= 15 is 0 Å². The van der Waals surface area contributed by atoms with Crippen LogP contribution in [0.5, 0.6) is 0 Å². The molecule has 0 N–H and O–H groups in total. The number of nitrogens with zero attached hydrogens (tertiary/aromatic N) is 2. The Kier molecular flexibility index (Phi) is 6.22. The first-order valence-corrected chi connectivity index (χ1v) is 13.6. The van der Waals surface area contributed by atoms with Gasteiger partial charge in [0.15, 0.2) is 0 Å². The minimum atomic E-state index is -0.440. The fourth-order valence-corrected chi connectivity index (χ4v) is 8.54. The van der Waals surface area contributed by atoms with Crippen molar-refractivity contribution in [2.45, 2.75) is 78.2 Å². The van der Waals surface area contributed by atoms with E-state index in [0.717, 1.165) is 44.3 Å². The molecule has 6 atom stereocenters. The maximum absolute atomic E-state index is 14.4. The number of hydrogen-bond donors (Lipinski definition) is 0. The molecule has 1 aliphatic heterocycles. The maximum atomic E-state index is 14.4. The van der Waals surface area contributed by atoms with Crippen LogP contribution >= 0.6 is 0 Å². The predicted octanol–water partition coefficient (Wildman–Crippen LogP) is 5.72. The highest BCUT2D eigenvalue weighted by atomic mass is 16.5. The van der Waals surface area contributed by atoms with Crippen molar-refractivity contribution in [1.29, 1.82) is 0 Å². The van der Waals surface area contributed by atoms with Crippen LogP contribution in [-0.2, 0) is 14.3 Å². The standard InChI is InChI=1S/C30H42N2O3/c1-28(2,19-35-5)32(20-9-7-6-8-10-20)27(34)25-12-11-23-22-18-31-26-17-21(33)13-15-30(26,4)24(22)14-16-29(23,25)3/h6-10,22-25H,11-19H2,1-5H3/t22-,23-,24+,25?,29-,30+/m0/s1. The third-order valence-corrected chi connectivity index (χ3v) is 10.3. The predicted molar refractivity (Wildman–Crippen MR) is 140 cm³/mol. The monoisotopic (exact) mass is 478 g/mol. The van der Waals surface area contributed by atoms with Gasteiger partial charge < -0.3 is 9.64 Å². The molecule has 35 heavy (non-hydrogen) atoms. The smallest absolute Gasteiger partial charge is 0.231 e. The average Bonchev–Trinajstić information content (AvgIpc) is 3.17. The van der Waals surface area contributed by atoms with Crippen molar-refractivity contribution in [3.8, 4) is 0 Å². The van der Waals surface area contributed by atoms with E-state index in [1.54, 1.807) is 7.11 Å². The lowest BCUT2D eigenvalue weighted by Crippen LogP contribution is -2.57. The molecule has 3 aliphatic carbocycles. The number of amides is 1. The van der Waals surface area contributed by atoms with Gasteiger partial charge in [0.1, 0.15) is 5.78 Å². The Morgan fingerprint density at radius 2 is 1.86 bits per heavy atom. The van der Waals surface area contributed by atoms with Crippen LogP contribution in [0.25, 0.3) is 0 Å². The molecule has 5 heteroatoms. The van der Waals surface area contributed by atoms with Crippen LogP contribution in [0.4, 0.5) is 5.69 Å². The number of carbonyl (C=O) groups excluding carboxylic acids is 2. The number of carbonyl (C=O) groups is 2. The van der Waals surface area contributed by atoms with E-state index < -0.39 is 5.54 Å². The minimum Gasteiger partial charge on any atom is -0.382 e. The van der Waals surface area contributed by atoms with E-state index in [9.17, 15) is 9.59 Å². The number of ether oxygens (including phenoxy) is 1. The Hall–Kier alpha value is -2.01. The van der Waals surface area contributed by atoms with Crippen LogP contribution < -0.4 is 4.90 Å². The van der Waals surface area contributed by atoms with Crippen LogP contribution in [0.1, 0.15) is 72.6 Å². The molecule has 3 fully saturated rings. The van der Waals surface area contributed by atoms with Gasteiger partial charge in [0, 0.05) is 49.2 Å². The molecule has 0 aromatic heterocycles. The summed E-state index contributed by atoms with van der Waals surface area (Å²) in [5, 5.41) is 0. The number of aliphatic imine (C=N–C) groups is 1. The summed E-state index contributed by atoms with van der Waals surface area (Å²) in [5.41, 5.74) is 1.73. The molecule has 0 radical (unpaired) electrons. The zero-order chi connectivity index (χ0) is 25.0. The van der Waals surface area contributed by atoms with Gasteiger partial charge in [-0.2, -0.15) is 0 Å². The van der Waals surface area contributed by atoms with E-state index in [1.807, 2.05) is 35.2 Å². The fraction of sp³-hybridized carbons (Fsp3) is 0.700. The summed E-state index contributed by atoms with van der Waals surface area (Å²) in [6.45, 7) is 10.3. The number of benzene rings is 1. The summed E-state index contributed by atoms with van der Waals surface area (Å²) in [7, 11) is 1.71. The van der Waals surface area contributed by atoms with Crippen LogP contribution in [0.3, 0.4) is 0 Å². The molecule has 0 saturated heterocycles. The van der Waals surface area contributed by atoms with Crippen LogP contribution in [0.15, 0.2) is 35.3 Å². The molecule has 1 amide bonds. The molecule has 1 aromatic rings. The average molecular weight is 479 g/mol. The van der Waals surface area contributed by atoms with Crippen LogP contribution in [0, 0.1) is 34.5 Å². The van der Waals surface area contributed by atoms with Gasteiger partial charge in [-0.25, -0.2) is 0 Å². The second kappa shape index (κ2) is 8.83. The Bertz CT molecular complexity index is 1020. The van der Waals surface area contributed by atoms with Gasteiger partial charge in [-0.05, 0) is 81.3 Å². The van der Waals surface area contributed by atoms with E-state index in [4.69, 9.17) is 9.73 Å². The van der Waals surface area contributed by atoms with Crippen molar-refractivity contribution >= 4 is 23.1 Å². The lowest BCUT2D eigenvalue weighted by Gasteiger charge is -2.56. The van der Waals surface area contributed by atoms with Crippen molar-refractivity contribution < 1.29 is 14.3 Å². The summed E-state index contributed by atoms with van der Waals surface area (Å²) in [6.07, 6.45) is 6.47. The summed E-state index contributed by atoms with van der Waals surface area (Å²) in [4.78, 5) is 33.6. The molecule has 1 unspecified atom stereocenters. The highest BCUT2D eigenvalue weighted by molar-refractivity contribution is 6.07. The quantitative estimate of drug-likeness (QED) is 0.544. The van der Waals surface area contributed by atoms with Gasteiger partial charge in [-0.3, -0.25) is 14.6 Å². The van der Waals surface area contributed by atoms with E-state index in [0.29, 0.717) is 43.0 Å². The first-order valence-electron chi connectivity index (χ1n) is 13.6. The molecule has 1 aromatic carbocycles. The number of ketones is 1. The number of fused-ring (bicyclic) bond motifs is 5. The van der Waals surface area contributed by atoms with Gasteiger partial charge in [-0.15, -0.1) is 0 Å². The number of Topliss-reactive ketones (excluding diaryl/α,β-unsaturated/α-hetero) is 1. The van der Waals surface area contributed by atoms with Crippen molar-refractivity contribution in [1.82, 2.24) is 0 Å². The van der Waals surface area contributed by atoms with Crippen LogP contribution in [-0.4, -0.2) is 43.2 Å². The van der Waals surface area contributed by atoms with Gasteiger partial charge >= 0.3 is 0 Å². The Balaban J connectivity index is 1.45. The molecular weight excluding hydrogens is 436 g/mol. The van der Waals surface area contributed by atoms with Crippen molar-refractivity contribution in [2.24, 2.45) is 39.5 Å². The van der Waals surface area contributed by atoms with Gasteiger partial charge in [0.2, 0.25) is 5.91 Å². The molecule has 0 bridgehead atoms. The lowest BCUT2D eigenvalue weighted by molar-refractivity contribution is -0.130. The zero-order valence-corrected chi connectivity index (χ0v) is 22.2.